The Morgan fingerprint density at radius 3 is 1.29 bits per heavy atom. The molecule has 0 amide bonds. The van der Waals surface area contributed by atoms with Crippen molar-refractivity contribution < 1.29 is 26.3 Å². The van der Waals surface area contributed by atoms with Crippen LogP contribution in [0.3, 0.4) is 0 Å². The van der Waals surface area contributed by atoms with Crippen LogP contribution >= 0.6 is 20.8 Å². The zero-order valence-electron chi connectivity index (χ0n) is 18.2. The van der Waals surface area contributed by atoms with Gasteiger partial charge in [-0.05, 0) is 0 Å². The third-order valence-corrected chi connectivity index (χ3v) is 15.6. The van der Waals surface area contributed by atoms with Crippen LogP contribution in [0.4, 0.5) is 26.3 Å². The summed E-state index contributed by atoms with van der Waals surface area (Å²) in [4.78, 5) is 0. The van der Waals surface area contributed by atoms with Gasteiger partial charge in [0.05, 0.1) is 0 Å². The van der Waals surface area contributed by atoms with Crippen molar-refractivity contribution in [3.05, 3.63) is 126 Å². The molecular weight excluding hydrogens is 549 g/mol. The standard InChI is InChI=1S/C27H20BrF6P/c28-35(22-10-4-1-5-11-22,23-12-6-2-7-13-23,24-14-8-3-9-15-24)19-20-16-17-21(26(29,30)31)18-25(20)27(32,33)34/h1-18H,19H2. The quantitative estimate of drug-likeness (QED) is 0.169. The topological polar surface area (TPSA) is 0 Å². The second kappa shape index (κ2) is 9.11. The second-order valence-corrected chi connectivity index (χ2v) is 17.1. The molecule has 4 aromatic rings. The van der Waals surface area contributed by atoms with E-state index in [0.717, 1.165) is 28.0 Å². The maximum absolute atomic E-state index is 14.2. The van der Waals surface area contributed by atoms with Gasteiger partial charge >= 0.3 is 207 Å². The first-order valence-corrected chi connectivity index (χ1v) is 15.1. The molecular formula is C27H20BrF6P. The minimum absolute atomic E-state index is 0.170. The molecule has 0 nitrogen and oxygen atoms in total. The Morgan fingerprint density at radius 2 is 0.943 bits per heavy atom. The fourth-order valence-corrected chi connectivity index (χ4v) is 12.1. The first kappa shape index (κ1) is 25.5. The summed E-state index contributed by atoms with van der Waals surface area (Å²) in [6.07, 6.45) is -10.0. The maximum atomic E-state index is 14.2. The molecule has 0 bridgehead atoms. The number of rotatable bonds is 5. The van der Waals surface area contributed by atoms with Crippen LogP contribution in [0.5, 0.6) is 0 Å². The average molecular weight is 569 g/mol. The second-order valence-electron chi connectivity index (χ2n) is 8.22. The molecule has 4 rings (SSSR count). The molecule has 35 heavy (non-hydrogen) atoms. The molecule has 8 heteroatoms. The summed E-state index contributed by atoms with van der Waals surface area (Å²) in [6.45, 7) is 0. The number of hydrogen-bond donors (Lipinski definition) is 0. The van der Waals surface area contributed by atoms with Crippen molar-refractivity contribution >= 4 is 36.7 Å². The molecule has 0 atom stereocenters. The molecule has 0 heterocycles. The van der Waals surface area contributed by atoms with Gasteiger partial charge < -0.3 is 0 Å². The summed E-state index contributed by atoms with van der Waals surface area (Å²) in [5, 5.41) is -1.53. The van der Waals surface area contributed by atoms with Crippen LogP contribution in [-0.4, -0.2) is 0 Å². The average Bonchev–Trinajstić information content (AvgIpc) is 2.84. The van der Waals surface area contributed by atoms with Gasteiger partial charge in [0.1, 0.15) is 0 Å². The Bertz CT molecular complexity index is 1200. The Hall–Kier alpha value is -2.63. The van der Waals surface area contributed by atoms with E-state index in [1.165, 1.54) is 0 Å². The molecule has 0 spiro atoms. The molecule has 0 aliphatic carbocycles. The summed E-state index contributed by atoms with van der Waals surface area (Å²) in [5.41, 5.74) is -2.83. The van der Waals surface area contributed by atoms with E-state index >= 15 is 0 Å². The number of halogens is 7. The van der Waals surface area contributed by atoms with Gasteiger partial charge in [-0.1, -0.05) is 0 Å². The van der Waals surface area contributed by atoms with E-state index < -0.39 is 28.8 Å². The van der Waals surface area contributed by atoms with Crippen LogP contribution in [0.2, 0.25) is 0 Å². The van der Waals surface area contributed by atoms with Crippen LogP contribution in [0.15, 0.2) is 109 Å². The zero-order valence-corrected chi connectivity index (χ0v) is 20.7. The molecule has 0 N–H and O–H groups in total. The number of alkyl halides is 6. The molecule has 0 aliphatic heterocycles. The van der Waals surface area contributed by atoms with E-state index in [9.17, 15) is 26.3 Å². The van der Waals surface area contributed by atoms with Gasteiger partial charge in [0.15, 0.2) is 0 Å². The monoisotopic (exact) mass is 568 g/mol. The van der Waals surface area contributed by atoms with E-state index in [2.05, 4.69) is 15.5 Å². The predicted octanol–water partition coefficient (Wildman–Crippen LogP) is 8.06. The van der Waals surface area contributed by atoms with Crippen molar-refractivity contribution in [1.82, 2.24) is 0 Å². The van der Waals surface area contributed by atoms with Crippen LogP contribution in [-0.2, 0) is 18.5 Å². The predicted molar refractivity (Wildman–Crippen MR) is 134 cm³/mol. The molecule has 0 saturated heterocycles. The van der Waals surface area contributed by atoms with Gasteiger partial charge in [-0.25, -0.2) is 0 Å². The molecule has 0 aliphatic rings. The third kappa shape index (κ3) is 4.64. The summed E-state index contributed by atoms with van der Waals surface area (Å²) >= 11 is 4.05. The van der Waals surface area contributed by atoms with Crippen molar-refractivity contribution in [2.75, 3.05) is 0 Å². The van der Waals surface area contributed by atoms with E-state index in [-0.39, 0.29) is 17.8 Å². The van der Waals surface area contributed by atoms with E-state index in [0.29, 0.717) is 0 Å². The van der Waals surface area contributed by atoms with Gasteiger partial charge in [0.25, 0.3) is 0 Å². The first-order chi connectivity index (χ1) is 16.4. The first-order valence-electron chi connectivity index (χ1n) is 10.6. The van der Waals surface area contributed by atoms with Crippen molar-refractivity contribution in [2.24, 2.45) is 0 Å². The zero-order chi connectivity index (χ0) is 25.3. The van der Waals surface area contributed by atoms with Gasteiger partial charge in [0.2, 0.25) is 0 Å². The third-order valence-electron chi connectivity index (χ3n) is 6.09. The molecule has 0 saturated carbocycles. The van der Waals surface area contributed by atoms with Crippen LogP contribution in [0.1, 0.15) is 16.7 Å². The normalized spacial score (nSPS) is 13.7. The Balaban J connectivity index is 2.09. The van der Waals surface area contributed by atoms with E-state index in [1.54, 1.807) is 36.4 Å². The van der Waals surface area contributed by atoms with Crippen molar-refractivity contribution in [3.8, 4) is 0 Å². The molecule has 0 aromatic heterocycles. The van der Waals surface area contributed by atoms with Crippen molar-refractivity contribution in [2.45, 2.75) is 18.5 Å². The fourth-order valence-electron chi connectivity index (χ4n) is 4.41. The van der Waals surface area contributed by atoms with Gasteiger partial charge in [-0.3, -0.25) is 0 Å². The number of hydrogen-bond acceptors (Lipinski definition) is 0. The molecule has 0 unspecified atom stereocenters. The SMILES string of the molecule is FC(F)(F)c1ccc(CP(Br)(c2ccccc2)(c2ccccc2)c2ccccc2)c(C(F)(F)F)c1. The summed E-state index contributed by atoms with van der Waals surface area (Å²) in [5.74, 6) is 0. The van der Waals surface area contributed by atoms with Crippen molar-refractivity contribution in [3.63, 3.8) is 0 Å². The van der Waals surface area contributed by atoms with Crippen LogP contribution in [0, 0.1) is 0 Å². The van der Waals surface area contributed by atoms with Gasteiger partial charge in [0, 0.05) is 0 Å². The van der Waals surface area contributed by atoms with Gasteiger partial charge in [-0.2, -0.15) is 0 Å². The molecule has 0 radical (unpaired) electrons. The minimum atomic E-state index is -4.97. The fraction of sp³-hybridized carbons (Fsp3) is 0.111. The summed E-state index contributed by atoms with van der Waals surface area (Å²) in [6, 6.07) is 29.3. The van der Waals surface area contributed by atoms with Gasteiger partial charge in [-0.15, -0.1) is 0 Å². The summed E-state index contributed by atoms with van der Waals surface area (Å²) in [7, 11) is 0. The molecule has 182 valence electrons. The Morgan fingerprint density at radius 1 is 0.543 bits per heavy atom. The number of benzene rings is 4. The summed E-state index contributed by atoms with van der Waals surface area (Å²) < 4.78 is 82.4. The Labute approximate surface area is 207 Å². The van der Waals surface area contributed by atoms with Crippen molar-refractivity contribution in [1.29, 1.82) is 0 Å². The molecule has 4 aromatic carbocycles. The molecule has 0 fully saturated rings. The van der Waals surface area contributed by atoms with Crippen LogP contribution < -0.4 is 15.9 Å². The van der Waals surface area contributed by atoms with Crippen LogP contribution in [0.25, 0.3) is 0 Å². The Kier molecular flexibility index (Phi) is 6.62. The van der Waals surface area contributed by atoms with E-state index in [1.807, 2.05) is 54.6 Å². The van der Waals surface area contributed by atoms with E-state index in [4.69, 9.17) is 0 Å².